The summed E-state index contributed by atoms with van der Waals surface area (Å²) in [4.78, 5) is 12.6. The van der Waals surface area contributed by atoms with Gasteiger partial charge in [-0.05, 0) is 29.7 Å². The summed E-state index contributed by atoms with van der Waals surface area (Å²) in [5, 5.41) is 3.49. The summed E-state index contributed by atoms with van der Waals surface area (Å²) in [5.74, 6) is 0.144. The zero-order valence-corrected chi connectivity index (χ0v) is 13.5. The highest BCUT2D eigenvalue weighted by atomic mass is 31.2. The van der Waals surface area contributed by atoms with Gasteiger partial charge in [-0.1, -0.05) is 85.8 Å². The average molecular weight is 306 g/mol. The minimum atomic E-state index is -1.88. The third-order valence-electron chi connectivity index (χ3n) is 4.14. The Morgan fingerprint density at radius 2 is 1.27 bits per heavy atom. The molecule has 2 aromatic carbocycles. The van der Waals surface area contributed by atoms with E-state index < -0.39 is 6.89 Å². The molecule has 0 aromatic heterocycles. The van der Waals surface area contributed by atoms with E-state index in [1.807, 2.05) is 30.4 Å². The normalized spacial score (nSPS) is 14.4. The van der Waals surface area contributed by atoms with E-state index in [4.69, 9.17) is 0 Å². The second-order valence-electron chi connectivity index (χ2n) is 5.26. The van der Waals surface area contributed by atoms with Crippen LogP contribution in [0.1, 0.15) is 6.92 Å². The monoisotopic (exact) mass is 306 g/mol. The molecule has 0 N–H and O–H groups in total. The van der Waals surface area contributed by atoms with Gasteiger partial charge >= 0.3 is 0 Å². The van der Waals surface area contributed by atoms with Crippen molar-refractivity contribution < 1.29 is 4.79 Å². The molecule has 0 amide bonds. The van der Waals surface area contributed by atoms with Crippen LogP contribution in [-0.2, 0) is 4.79 Å². The first-order chi connectivity index (χ1) is 10.8. The summed E-state index contributed by atoms with van der Waals surface area (Å²) in [6.45, 7) is 0.310. The van der Waals surface area contributed by atoms with Crippen molar-refractivity contribution in [2.45, 2.75) is 6.92 Å². The lowest BCUT2D eigenvalue weighted by Crippen LogP contribution is -2.27. The van der Waals surface area contributed by atoms with Gasteiger partial charge in [0.15, 0.2) is 5.78 Å². The maximum absolute atomic E-state index is 12.6. The Balaban J connectivity index is 2.42. The van der Waals surface area contributed by atoms with Crippen molar-refractivity contribution in [3.63, 3.8) is 0 Å². The van der Waals surface area contributed by atoms with E-state index in [0.717, 1.165) is 11.5 Å². The van der Waals surface area contributed by atoms with Crippen molar-refractivity contribution in [3.8, 4) is 0 Å². The van der Waals surface area contributed by atoms with Gasteiger partial charge in [0.2, 0.25) is 0 Å². The van der Waals surface area contributed by atoms with Crippen LogP contribution in [-0.4, -0.2) is 17.2 Å². The quantitative estimate of drug-likeness (QED) is 0.793. The fourth-order valence-corrected chi connectivity index (χ4v) is 7.18. The molecule has 0 fully saturated rings. The fourth-order valence-electron chi connectivity index (χ4n) is 3.10. The van der Waals surface area contributed by atoms with Crippen molar-refractivity contribution >= 4 is 28.6 Å². The van der Waals surface area contributed by atoms with Crippen molar-refractivity contribution in [1.82, 2.24) is 0 Å². The Morgan fingerprint density at radius 1 is 0.773 bits per heavy atom. The summed E-state index contributed by atoms with van der Waals surface area (Å²) in [7, 11) is 0. The zero-order valence-electron chi connectivity index (χ0n) is 12.6. The standard InChI is InChI=1S/C20H19OP/c1-2-22(17-11-5-3-6-12-17,18-13-7-4-8-14-18)20-16-10-9-15-19(20)21/h3-16H,2H2,1H3. The maximum Gasteiger partial charge on any atom is 0.186 e. The molecule has 1 aliphatic rings. The van der Waals surface area contributed by atoms with E-state index in [9.17, 15) is 4.79 Å². The molecule has 2 aromatic rings. The Hall–Kier alpha value is -2.11. The minimum Gasteiger partial charge on any atom is -0.289 e. The number of benzene rings is 2. The van der Waals surface area contributed by atoms with Crippen molar-refractivity contribution in [3.05, 3.63) is 85.0 Å². The van der Waals surface area contributed by atoms with Gasteiger partial charge < -0.3 is 0 Å². The van der Waals surface area contributed by atoms with Crippen LogP contribution in [0.5, 0.6) is 0 Å². The first-order valence-corrected chi connectivity index (χ1v) is 9.52. The van der Waals surface area contributed by atoms with Gasteiger partial charge in [0.1, 0.15) is 0 Å². The summed E-state index contributed by atoms with van der Waals surface area (Å²) in [5.41, 5.74) is 0. The highest BCUT2D eigenvalue weighted by Gasteiger charge is 2.27. The molecule has 3 rings (SSSR count). The second kappa shape index (κ2) is 6.34. The first kappa shape index (κ1) is 14.8. The second-order valence-corrected chi connectivity index (χ2v) is 9.03. The zero-order chi connectivity index (χ0) is 15.4. The molecule has 22 heavy (non-hydrogen) atoms. The first-order valence-electron chi connectivity index (χ1n) is 7.55. The molecule has 110 valence electrons. The molecule has 0 aliphatic heterocycles. The molecule has 1 aliphatic carbocycles. The molecule has 0 saturated heterocycles. The van der Waals surface area contributed by atoms with Crippen molar-refractivity contribution in [2.75, 3.05) is 6.16 Å². The van der Waals surface area contributed by atoms with Crippen molar-refractivity contribution in [2.24, 2.45) is 0 Å². The SMILES string of the molecule is CCP(=C1C=CC=CC1=O)(c1ccccc1)c1ccccc1. The molecule has 0 bridgehead atoms. The van der Waals surface area contributed by atoms with Gasteiger partial charge in [0.25, 0.3) is 0 Å². The average Bonchev–Trinajstić information content (AvgIpc) is 2.59. The Labute approximate surface area is 132 Å². The van der Waals surface area contributed by atoms with Crippen LogP contribution in [0, 0.1) is 0 Å². The fraction of sp³-hybridized carbons (Fsp3) is 0.100. The van der Waals surface area contributed by atoms with Crippen LogP contribution in [0.2, 0.25) is 0 Å². The smallest absolute Gasteiger partial charge is 0.186 e. The van der Waals surface area contributed by atoms with Gasteiger partial charge in [-0.15, -0.1) is 0 Å². The molecule has 0 heterocycles. The van der Waals surface area contributed by atoms with Crippen LogP contribution in [0.15, 0.2) is 85.0 Å². The van der Waals surface area contributed by atoms with Crippen LogP contribution >= 0.6 is 6.89 Å². The maximum atomic E-state index is 12.6. The largest absolute Gasteiger partial charge is 0.289 e. The molecular weight excluding hydrogens is 287 g/mol. The summed E-state index contributed by atoms with van der Waals surface area (Å²) >= 11 is 0. The van der Waals surface area contributed by atoms with Gasteiger partial charge in [0, 0.05) is 5.29 Å². The number of hydrogen-bond acceptors (Lipinski definition) is 1. The van der Waals surface area contributed by atoms with E-state index in [1.165, 1.54) is 10.6 Å². The van der Waals surface area contributed by atoms with Crippen LogP contribution in [0.25, 0.3) is 0 Å². The van der Waals surface area contributed by atoms with Gasteiger partial charge in [-0.3, -0.25) is 4.79 Å². The van der Waals surface area contributed by atoms with E-state index in [-0.39, 0.29) is 5.78 Å². The lowest BCUT2D eigenvalue weighted by atomic mass is 10.2. The third-order valence-corrected chi connectivity index (χ3v) is 8.64. The van der Waals surface area contributed by atoms with E-state index in [1.54, 1.807) is 6.08 Å². The predicted molar refractivity (Wildman–Crippen MR) is 97.9 cm³/mol. The summed E-state index contributed by atoms with van der Waals surface area (Å²) in [6.07, 6.45) is 8.45. The molecule has 0 spiro atoms. The summed E-state index contributed by atoms with van der Waals surface area (Å²) < 4.78 is 0. The number of carbonyl (C=O) groups excluding carboxylic acids is 1. The van der Waals surface area contributed by atoms with E-state index in [2.05, 4.69) is 55.5 Å². The van der Waals surface area contributed by atoms with Crippen LogP contribution in [0.3, 0.4) is 0 Å². The lowest BCUT2D eigenvalue weighted by Gasteiger charge is -2.29. The molecular formula is C20H19OP. The highest BCUT2D eigenvalue weighted by molar-refractivity contribution is 7.91. The molecule has 0 unspecified atom stereocenters. The Morgan fingerprint density at radius 3 is 1.73 bits per heavy atom. The van der Waals surface area contributed by atoms with Crippen LogP contribution in [0.4, 0.5) is 0 Å². The van der Waals surface area contributed by atoms with Gasteiger partial charge in [-0.25, -0.2) is 0 Å². The number of rotatable bonds is 3. The van der Waals surface area contributed by atoms with E-state index in [0.29, 0.717) is 0 Å². The summed E-state index contributed by atoms with van der Waals surface area (Å²) in [6, 6.07) is 21.0. The molecule has 1 nitrogen and oxygen atoms in total. The van der Waals surface area contributed by atoms with Gasteiger partial charge in [0.05, 0.1) is 0 Å². The van der Waals surface area contributed by atoms with Crippen molar-refractivity contribution in [1.29, 1.82) is 0 Å². The molecule has 2 heteroatoms. The Kier molecular flexibility index (Phi) is 4.27. The third kappa shape index (κ3) is 2.42. The Bertz CT molecular complexity index is 739. The molecule has 0 atom stereocenters. The lowest BCUT2D eigenvalue weighted by molar-refractivity contribution is -0.108. The van der Waals surface area contributed by atoms with Crippen LogP contribution < -0.4 is 10.6 Å². The molecule has 0 radical (unpaired) electrons. The number of ketones is 1. The number of carbonyl (C=O) groups is 1. The van der Waals surface area contributed by atoms with E-state index >= 15 is 0 Å². The predicted octanol–water partition coefficient (Wildman–Crippen LogP) is 3.54. The number of hydrogen-bond donors (Lipinski definition) is 0. The highest BCUT2D eigenvalue weighted by Crippen LogP contribution is 2.47. The topological polar surface area (TPSA) is 17.1 Å². The minimum absolute atomic E-state index is 0.144. The number of allylic oxidation sites excluding steroid dienone is 4. The van der Waals surface area contributed by atoms with Gasteiger partial charge in [-0.2, -0.15) is 0 Å². The molecule has 0 saturated carbocycles.